The minimum atomic E-state index is -0.393. The molecule has 0 spiro atoms. The number of unbranched alkanes of at least 4 members (excludes halogenated alkanes) is 4. The molecule has 2 rings (SSSR count). The summed E-state index contributed by atoms with van der Waals surface area (Å²) in [7, 11) is 0. The number of anilines is 1. The molecule has 1 aromatic rings. The third-order valence-corrected chi connectivity index (χ3v) is 6.14. The molecule has 0 radical (unpaired) electrons. The Morgan fingerprint density at radius 1 is 1.06 bits per heavy atom. The van der Waals surface area contributed by atoms with Crippen LogP contribution in [0.3, 0.4) is 0 Å². The number of carbonyl (C=O) groups is 1. The first-order chi connectivity index (χ1) is 15.6. The van der Waals surface area contributed by atoms with Crippen LogP contribution < -0.4 is 10.1 Å². The topological polar surface area (TPSA) is 54.0 Å². The van der Waals surface area contributed by atoms with Crippen LogP contribution in [0.1, 0.15) is 72.1 Å². The van der Waals surface area contributed by atoms with E-state index in [9.17, 15) is 4.79 Å². The molecule has 1 fully saturated rings. The van der Waals surface area contributed by atoms with E-state index < -0.39 is 6.09 Å². The van der Waals surface area contributed by atoms with E-state index >= 15 is 0 Å². The highest BCUT2D eigenvalue weighted by atomic mass is 16.6. The van der Waals surface area contributed by atoms with E-state index in [0.717, 1.165) is 51.4 Å². The zero-order valence-electron chi connectivity index (χ0n) is 20.6. The van der Waals surface area contributed by atoms with Crippen molar-refractivity contribution in [2.24, 2.45) is 0 Å². The maximum absolute atomic E-state index is 12.7. The number of benzene rings is 1. The lowest BCUT2D eigenvalue weighted by Gasteiger charge is -2.32. The molecule has 0 aliphatic carbocycles. The van der Waals surface area contributed by atoms with Gasteiger partial charge in [0.15, 0.2) is 0 Å². The Balaban J connectivity index is 1.84. The summed E-state index contributed by atoms with van der Waals surface area (Å²) >= 11 is 0. The lowest BCUT2D eigenvalue weighted by Crippen LogP contribution is -2.44. The van der Waals surface area contributed by atoms with Gasteiger partial charge >= 0.3 is 6.09 Å². The zero-order valence-corrected chi connectivity index (χ0v) is 20.6. The van der Waals surface area contributed by atoms with Crippen LogP contribution >= 0.6 is 0 Å². The standard InChI is InChI=1S/C26H45N3O3/c1-4-7-8-9-13-19-31-24-16-14-15-23(20-24)27-26(30)32-25(21-28(5-2)6-3)22-29-17-11-10-12-18-29/h14-16,20,25H,4-13,17-19,21-22H2,1-3H3,(H,27,30). The molecular weight excluding hydrogens is 402 g/mol. The van der Waals surface area contributed by atoms with Crippen LogP contribution in [0.25, 0.3) is 0 Å². The highest BCUT2D eigenvalue weighted by Gasteiger charge is 2.22. The van der Waals surface area contributed by atoms with E-state index in [-0.39, 0.29) is 6.10 Å². The summed E-state index contributed by atoms with van der Waals surface area (Å²) in [5.41, 5.74) is 0.707. The van der Waals surface area contributed by atoms with Crippen molar-refractivity contribution in [3.63, 3.8) is 0 Å². The molecule has 0 saturated carbocycles. The molecule has 1 heterocycles. The van der Waals surface area contributed by atoms with E-state index in [1.165, 1.54) is 44.9 Å². The average molecular weight is 448 g/mol. The summed E-state index contributed by atoms with van der Waals surface area (Å²) in [4.78, 5) is 17.4. The summed E-state index contributed by atoms with van der Waals surface area (Å²) in [5.74, 6) is 0.784. The van der Waals surface area contributed by atoms with Crippen LogP contribution in [0.5, 0.6) is 5.75 Å². The second kappa shape index (κ2) is 15.9. The van der Waals surface area contributed by atoms with Gasteiger partial charge in [0, 0.05) is 24.8 Å². The van der Waals surface area contributed by atoms with Crippen molar-refractivity contribution in [3.05, 3.63) is 24.3 Å². The van der Waals surface area contributed by atoms with Gasteiger partial charge in [-0.1, -0.05) is 58.9 Å². The summed E-state index contributed by atoms with van der Waals surface area (Å²) < 4.78 is 11.8. The third-order valence-electron chi connectivity index (χ3n) is 6.14. The number of likely N-dealkylation sites (tertiary alicyclic amines) is 1. The van der Waals surface area contributed by atoms with Gasteiger partial charge in [-0.2, -0.15) is 0 Å². The molecule has 1 amide bonds. The molecule has 0 aromatic heterocycles. The smallest absolute Gasteiger partial charge is 0.411 e. The number of ether oxygens (including phenoxy) is 2. The molecule has 0 bridgehead atoms. The minimum absolute atomic E-state index is 0.143. The normalized spacial score (nSPS) is 15.5. The minimum Gasteiger partial charge on any atom is -0.494 e. The number of likely N-dealkylation sites (N-methyl/N-ethyl adjacent to an activating group) is 1. The lowest BCUT2D eigenvalue weighted by atomic mass is 10.1. The maximum Gasteiger partial charge on any atom is 0.411 e. The lowest BCUT2D eigenvalue weighted by molar-refractivity contribution is 0.0503. The predicted octanol–water partition coefficient (Wildman–Crippen LogP) is 5.78. The van der Waals surface area contributed by atoms with E-state index in [1.807, 2.05) is 24.3 Å². The first-order valence-electron chi connectivity index (χ1n) is 12.8. The van der Waals surface area contributed by atoms with Crippen LogP contribution in [0.15, 0.2) is 24.3 Å². The highest BCUT2D eigenvalue weighted by molar-refractivity contribution is 5.85. The fourth-order valence-electron chi connectivity index (χ4n) is 4.19. The van der Waals surface area contributed by atoms with Crippen molar-refractivity contribution >= 4 is 11.8 Å². The van der Waals surface area contributed by atoms with E-state index in [2.05, 4.69) is 35.9 Å². The fourth-order valence-corrected chi connectivity index (χ4v) is 4.19. The number of rotatable bonds is 15. The number of carbonyl (C=O) groups excluding carboxylic acids is 1. The first-order valence-corrected chi connectivity index (χ1v) is 12.8. The number of nitrogens with zero attached hydrogens (tertiary/aromatic N) is 2. The number of amides is 1. The summed E-state index contributed by atoms with van der Waals surface area (Å²) in [6.07, 6.45) is 9.28. The van der Waals surface area contributed by atoms with Gasteiger partial charge in [0.25, 0.3) is 0 Å². The molecule has 1 saturated heterocycles. The van der Waals surface area contributed by atoms with Gasteiger partial charge < -0.3 is 14.4 Å². The molecule has 1 atom stereocenters. The Labute approximate surface area is 195 Å². The number of nitrogens with one attached hydrogen (secondary N) is 1. The zero-order chi connectivity index (χ0) is 23.0. The second-order valence-corrected chi connectivity index (χ2v) is 8.79. The fraction of sp³-hybridized carbons (Fsp3) is 0.731. The Hall–Kier alpha value is -1.79. The molecule has 1 aliphatic heterocycles. The summed E-state index contributed by atoms with van der Waals surface area (Å²) in [5, 5.41) is 2.90. The molecular formula is C26H45N3O3. The Morgan fingerprint density at radius 3 is 2.53 bits per heavy atom. The predicted molar refractivity (Wildman–Crippen MR) is 133 cm³/mol. The SMILES string of the molecule is CCCCCCCOc1cccc(NC(=O)OC(CN(CC)CC)CN2CCCCC2)c1. The monoisotopic (exact) mass is 447 g/mol. The van der Waals surface area contributed by atoms with Crippen molar-refractivity contribution in [3.8, 4) is 5.75 Å². The molecule has 1 aliphatic rings. The van der Waals surface area contributed by atoms with Crippen molar-refractivity contribution < 1.29 is 14.3 Å². The molecule has 1 unspecified atom stereocenters. The van der Waals surface area contributed by atoms with Crippen molar-refractivity contribution in [2.75, 3.05) is 51.2 Å². The quantitative estimate of drug-likeness (QED) is 0.345. The summed E-state index contributed by atoms with van der Waals surface area (Å²) in [6, 6.07) is 7.59. The highest BCUT2D eigenvalue weighted by Crippen LogP contribution is 2.19. The third kappa shape index (κ3) is 10.7. The molecule has 1 N–H and O–H groups in total. The van der Waals surface area contributed by atoms with Crippen molar-refractivity contribution in [1.29, 1.82) is 0 Å². The molecule has 182 valence electrons. The maximum atomic E-state index is 12.7. The van der Waals surface area contributed by atoms with Crippen LogP contribution in [0, 0.1) is 0 Å². The van der Waals surface area contributed by atoms with E-state index in [0.29, 0.717) is 12.3 Å². The number of hydrogen-bond donors (Lipinski definition) is 1. The van der Waals surface area contributed by atoms with Crippen LogP contribution in [-0.2, 0) is 4.74 Å². The van der Waals surface area contributed by atoms with Gasteiger partial charge in [-0.05, 0) is 57.6 Å². The van der Waals surface area contributed by atoms with Crippen LogP contribution in [-0.4, -0.2) is 67.9 Å². The Bertz CT molecular complexity index is 630. The average Bonchev–Trinajstić information content (AvgIpc) is 2.80. The van der Waals surface area contributed by atoms with Gasteiger partial charge in [-0.15, -0.1) is 0 Å². The Kier molecular flexibility index (Phi) is 13.2. The van der Waals surface area contributed by atoms with Crippen molar-refractivity contribution in [2.45, 2.75) is 78.2 Å². The van der Waals surface area contributed by atoms with Crippen LogP contribution in [0.2, 0.25) is 0 Å². The van der Waals surface area contributed by atoms with E-state index in [1.54, 1.807) is 0 Å². The van der Waals surface area contributed by atoms with Gasteiger partial charge in [-0.3, -0.25) is 10.2 Å². The molecule has 6 heteroatoms. The number of piperidine rings is 1. The molecule has 32 heavy (non-hydrogen) atoms. The summed E-state index contributed by atoms with van der Waals surface area (Å²) in [6.45, 7) is 12.9. The largest absolute Gasteiger partial charge is 0.494 e. The van der Waals surface area contributed by atoms with Crippen molar-refractivity contribution in [1.82, 2.24) is 9.80 Å². The van der Waals surface area contributed by atoms with E-state index in [4.69, 9.17) is 9.47 Å². The molecule has 6 nitrogen and oxygen atoms in total. The van der Waals surface area contributed by atoms with Gasteiger partial charge in [0.2, 0.25) is 0 Å². The van der Waals surface area contributed by atoms with Crippen LogP contribution in [0.4, 0.5) is 10.5 Å². The molecule has 1 aromatic carbocycles. The van der Waals surface area contributed by atoms with Gasteiger partial charge in [0.05, 0.1) is 6.61 Å². The number of hydrogen-bond acceptors (Lipinski definition) is 5. The second-order valence-electron chi connectivity index (χ2n) is 8.79. The first kappa shape index (κ1) is 26.5. The Morgan fingerprint density at radius 2 is 1.81 bits per heavy atom. The van der Waals surface area contributed by atoms with Gasteiger partial charge in [-0.25, -0.2) is 4.79 Å². The van der Waals surface area contributed by atoms with Gasteiger partial charge in [0.1, 0.15) is 11.9 Å².